The monoisotopic (exact) mass is 548 g/mol. The number of phenols is 1. The first-order chi connectivity index (χ1) is 18.5. The van der Waals surface area contributed by atoms with Gasteiger partial charge in [-0.15, -0.1) is 11.3 Å². The summed E-state index contributed by atoms with van der Waals surface area (Å²) in [6.07, 6.45) is 3.53. The highest BCUT2D eigenvalue weighted by atomic mass is 32.2. The molecule has 38 heavy (non-hydrogen) atoms. The summed E-state index contributed by atoms with van der Waals surface area (Å²) in [5.74, 6) is 0.627. The van der Waals surface area contributed by atoms with Crippen molar-refractivity contribution in [1.82, 2.24) is 15.0 Å². The van der Waals surface area contributed by atoms with Crippen LogP contribution in [0.3, 0.4) is 0 Å². The number of thioether (sulfide) groups is 1. The van der Waals surface area contributed by atoms with Crippen molar-refractivity contribution < 1.29 is 14.6 Å². The minimum atomic E-state index is -0.305. The van der Waals surface area contributed by atoms with Gasteiger partial charge in [0.1, 0.15) is 16.3 Å². The van der Waals surface area contributed by atoms with Crippen molar-refractivity contribution in [2.45, 2.75) is 44.7 Å². The van der Waals surface area contributed by atoms with Crippen LogP contribution in [-0.2, 0) is 17.6 Å². The predicted octanol–water partition coefficient (Wildman–Crippen LogP) is 5.06. The molecule has 2 N–H and O–H groups in total. The Kier molecular flexibility index (Phi) is 7.80. The quantitative estimate of drug-likeness (QED) is 0.131. The van der Waals surface area contributed by atoms with E-state index >= 15 is 0 Å². The summed E-state index contributed by atoms with van der Waals surface area (Å²) >= 11 is 2.78. The van der Waals surface area contributed by atoms with Gasteiger partial charge < -0.3 is 9.84 Å². The second-order valence-electron chi connectivity index (χ2n) is 8.78. The fourth-order valence-corrected chi connectivity index (χ4v) is 6.61. The fraction of sp³-hybridized carbons (Fsp3) is 0.286. The second-order valence-corrected chi connectivity index (χ2v) is 10.8. The number of hydrogen-bond acceptors (Lipinski definition) is 8. The lowest BCUT2D eigenvalue weighted by atomic mass is 10.1. The van der Waals surface area contributed by atoms with Crippen LogP contribution in [0.4, 0.5) is 0 Å². The Morgan fingerprint density at radius 3 is 2.63 bits per heavy atom. The minimum absolute atomic E-state index is 0.0378. The fourth-order valence-electron chi connectivity index (χ4n) is 4.50. The van der Waals surface area contributed by atoms with E-state index in [1.54, 1.807) is 40.2 Å². The molecule has 2 aromatic heterocycles. The van der Waals surface area contributed by atoms with Gasteiger partial charge in [-0.05, 0) is 92.3 Å². The topological polar surface area (TPSA) is 106 Å². The Bertz CT molecular complexity index is 1560. The number of thiophene rings is 1. The number of aromatic hydroxyl groups is 1. The van der Waals surface area contributed by atoms with Crippen LogP contribution in [-0.4, -0.2) is 38.6 Å². The molecule has 8 nitrogen and oxygen atoms in total. The molecule has 0 saturated carbocycles. The molecule has 0 bridgehead atoms. The van der Waals surface area contributed by atoms with E-state index in [-0.39, 0.29) is 23.0 Å². The number of nitrogens with zero attached hydrogens (tertiary/aromatic N) is 3. The average molecular weight is 549 g/mol. The number of nitrogens with one attached hydrogen (secondary N) is 1. The van der Waals surface area contributed by atoms with Crippen LogP contribution in [0.15, 0.2) is 63.6 Å². The van der Waals surface area contributed by atoms with Gasteiger partial charge in [-0.3, -0.25) is 14.2 Å². The van der Waals surface area contributed by atoms with Gasteiger partial charge in [-0.1, -0.05) is 18.7 Å². The number of hydrazone groups is 1. The predicted molar refractivity (Wildman–Crippen MR) is 152 cm³/mol. The van der Waals surface area contributed by atoms with E-state index in [4.69, 9.17) is 9.72 Å². The third-order valence-corrected chi connectivity index (χ3v) is 8.42. The Hall–Kier alpha value is -3.63. The number of aryl methyl sites for hydroxylation is 2. The number of benzene rings is 2. The summed E-state index contributed by atoms with van der Waals surface area (Å²) in [7, 11) is 0. The molecule has 0 fully saturated rings. The molecule has 0 spiro atoms. The number of phenolic OH excluding ortho intramolecular Hbond substituents is 1. The molecule has 0 unspecified atom stereocenters. The number of hydrogen-bond donors (Lipinski definition) is 2. The van der Waals surface area contributed by atoms with E-state index in [1.165, 1.54) is 16.6 Å². The van der Waals surface area contributed by atoms with Gasteiger partial charge in [0.05, 0.1) is 29.1 Å². The summed E-state index contributed by atoms with van der Waals surface area (Å²) < 4.78 is 7.16. The molecule has 5 rings (SSSR count). The van der Waals surface area contributed by atoms with Gasteiger partial charge in [-0.2, -0.15) is 5.10 Å². The first-order valence-corrected chi connectivity index (χ1v) is 14.4. The van der Waals surface area contributed by atoms with Crippen molar-refractivity contribution in [3.8, 4) is 17.2 Å². The second kappa shape index (κ2) is 11.4. The lowest BCUT2D eigenvalue weighted by Crippen LogP contribution is -2.24. The highest BCUT2D eigenvalue weighted by molar-refractivity contribution is 7.99. The Labute approximate surface area is 228 Å². The van der Waals surface area contributed by atoms with Crippen molar-refractivity contribution in [3.63, 3.8) is 0 Å². The lowest BCUT2D eigenvalue weighted by molar-refractivity contribution is -0.118. The Balaban J connectivity index is 1.42. The van der Waals surface area contributed by atoms with Gasteiger partial charge in [-0.25, -0.2) is 10.4 Å². The first-order valence-electron chi connectivity index (χ1n) is 12.6. The van der Waals surface area contributed by atoms with Gasteiger partial charge in [0.2, 0.25) is 0 Å². The summed E-state index contributed by atoms with van der Waals surface area (Å²) in [6, 6.07) is 14.0. The van der Waals surface area contributed by atoms with Crippen molar-refractivity contribution >= 4 is 44.9 Å². The van der Waals surface area contributed by atoms with Crippen LogP contribution in [0.1, 0.15) is 42.7 Å². The molecule has 0 saturated heterocycles. The summed E-state index contributed by atoms with van der Waals surface area (Å²) in [6.45, 7) is 4.42. The number of rotatable bonds is 9. The van der Waals surface area contributed by atoms with Gasteiger partial charge in [0, 0.05) is 4.88 Å². The third-order valence-electron chi connectivity index (χ3n) is 6.30. The van der Waals surface area contributed by atoms with E-state index in [9.17, 15) is 14.7 Å². The minimum Gasteiger partial charge on any atom is -0.508 e. The molecular formula is C28H28N4O4S2. The maximum atomic E-state index is 13.8. The molecule has 0 radical (unpaired) electrons. The van der Waals surface area contributed by atoms with Crippen LogP contribution in [0.5, 0.6) is 11.5 Å². The smallest absolute Gasteiger partial charge is 0.267 e. The third kappa shape index (κ3) is 5.32. The molecule has 196 valence electrons. The standard InChI is InChI=1S/C28H28N4O4S2/c1-3-22(17-8-12-19(33)13-9-17)30-31-24(34)16-37-28-29-26-25(21-6-5-7-23(21)38-26)27(35)32(28)18-10-14-20(15-11-18)36-4-2/h8-15,33H,3-7,16H2,1-2H3,(H,31,34)/b30-22+. The maximum Gasteiger partial charge on any atom is 0.267 e. The number of amides is 1. The molecule has 10 heteroatoms. The number of carbonyl (C=O) groups is 1. The van der Waals surface area contributed by atoms with Crippen molar-refractivity contribution in [1.29, 1.82) is 0 Å². The van der Waals surface area contributed by atoms with Crippen molar-refractivity contribution in [3.05, 3.63) is 74.9 Å². The molecule has 2 aromatic carbocycles. The molecule has 2 heterocycles. The van der Waals surface area contributed by atoms with Gasteiger partial charge >= 0.3 is 0 Å². The van der Waals surface area contributed by atoms with E-state index in [2.05, 4.69) is 10.5 Å². The SMILES string of the molecule is CCOc1ccc(-n2c(SCC(=O)N/N=C(\CC)c3ccc(O)cc3)nc3sc4c(c3c2=O)CCC4)cc1. The van der Waals surface area contributed by atoms with Crippen LogP contribution in [0.25, 0.3) is 15.9 Å². The van der Waals surface area contributed by atoms with E-state index in [0.717, 1.165) is 41.0 Å². The molecule has 1 aliphatic carbocycles. The molecule has 1 aliphatic rings. The number of ether oxygens (including phenoxy) is 1. The molecule has 0 aliphatic heterocycles. The molecule has 0 atom stereocenters. The van der Waals surface area contributed by atoms with Gasteiger partial charge in [0.25, 0.3) is 11.5 Å². The number of carbonyl (C=O) groups excluding carboxylic acids is 1. The van der Waals surface area contributed by atoms with Gasteiger partial charge in [0.15, 0.2) is 5.16 Å². The van der Waals surface area contributed by atoms with Crippen molar-refractivity contribution in [2.75, 3.05) is 12.4 Å². The highest BCUT2D eigenvalue weighted by Gasteiger charge is 2.24. The highest BCUT2D eigenvalue weighted by Crippen LogP contribution is 2.36. The van der Waals surface area contributed by atoms with Crippen LogP contribution in [0.2, 0.25) is 0 Å². The largest absolute Gasteiger partial charge is 0.508 e. The van der Waals surface area contributed by atoms with Crippen LogP contribution in [0, 0.1) is 0 Å². The lowest BCUT2D eigenvalue weighted by Gasteiger charge is -2.13. The van der Waals surface area contributed by atoms with Crippen molar-refractivity contribution in [2.24, 2.45) is 5.10 Å². The number of fused-ring (bicyclic) bond motifs is 3. The van der Waals surface area contributed by atoms with Crippen LogP contribution >= 0.6 is 23.1 Å². The molecular weight excluding hydrogens is 520 g/mol. The van der Waals surface area contributed by atoms with E-state index in [0.29, 0.717) is 35.0 Å². The number of aromatic nitrogens is 2. The zero-order valence-corrected chi connectivity index (χ0v) is 22.8. The van der Waals surface area contributed by atoms with Crippen LogP contribution < -0.4 is 15.7 Å². The summed E-state index contributed by atoms with van der Waals surface area (Å²) in [5, 5.41) is 15.0. The normalized spacial score (nSPS) is 13.1. The molecule has 1 amide bonds. The Morgan fingerprint density at radius 1 is 1.16 bits per heavy atom. The summed E-state index contributed by atoms with van der Waals surface area (Å²) in [4.78, 5) is 33.4. The zero-order chi connectivity index (χ0) is 26.6. The van der Waals surface area contributed by atoms with E-state index in [1.807, 2.05) is 38.1 Å². The Morgan fingerprint density at radius 2 is 1.92 bits per heavy atom. The zero-order valence-electron chi connectivity index (χ0n) is 21.2. The molecule has 4 aromatic rings. The van der Waals surface area contributed by atoms with E-state index < -0.39 is 0 Å². The average Bonchev–Trinajstić information content (AvgIpc) is 3.51. The first kappa shape index (κ1) is 26.0. The summed E-state index contributed by atoms with van der Waals surface area (Å²) in [5.41, 5.74) is 5.81. The maximum absolute atomic E-state index is 13.8.